The van der Waals surface area contributed by atoms with Gasteiger partial charge in [0.1, 0.15) is 11.3 Å². The zero-order valence-corrected chi connectivity index (χ0v) is 23.1. The SMILES string of the molecule is CC(C)(O)C(=O)N1CCC(CCc2c(-c3cccc(S(C)(=O)=O)c3)nn(-c3nc4ccccc4[nH]3)c2O)CC1. The van der Waals surface area contributed by atoms with Crippen molar-refractivity contribution in [2.75, 3.05) is 19.3 Å². The standard InChI is InChI=1S/C28H33N5O5S/c1-28(2,36)26(35)32-15-13-18(14-16-32)11-12-21-24(19-7-6-8-20(17-19)39(3,37)38)31-33(25(21)34)27-29-22-9-4-5-10-23(22)30-27/h4-10,17-18,34,36H,11-16H2,1-3H3,(H,29,30). The number of hydrogen-bond donors (Lipinski definition) is 3. The largest absolute Gasteiger partial charge is 0.493 e. The van der Waals surface area contributed by atoms with Crippen LogP contribution in [0.25, 0.3) is 28.2 Å². The van der Waals surface area contributed by atoms with Gasteiger partial charge in [0, 0.05) is 30.5 Å². The van der Waals surface area contributed by atoms with E-state index in [9.17, 15) is 23.4 Å². The Kier molecular flexibility index (Phi) is 6.98. The van der Waals surface area contributed by atoms with E-state index in [1.165, 1.54) is 24.6 Å². The molecule has 206 valence electrons. The number of aromatic amines is 1. The number of sulfone groups is 1. The van der Waals surface area contributed by atoms with Gasteiger partial charge in [-0.2, -0.15) is 9.78 Å². The van der Waals surface area contributed by atoms with Crippen molar-refractivity contribution in [3.8, 4) is 23.1 Å². The van der Waals surface area contributed by atoms with Crippen molar-refractivity contribution in [2.24, 2.45) is 5.92 Å². The molecule has 4 aromatic rings. The number of aliphatic hydroxyl groups is 1. The monoisotopic (exact) mass is 551 g/mol. The molecule has 10 nitrogen and oxygen atoms in total. The highest BCUT2D eigenvalue weighted by Gasteiger charge is 2.32. The first kappa shape index (κ1) is 26.9. The lowest BCUT2D eigenvalue weighted by molar-refractivity contribution is -0.149. The maximum Gasteiger partial charge on any atom is 0.253 e. The molecular formula is C28H33N5O5S. The van der Waals surface area contributed by atoms with E-state index < -0.39 is 15.4 Å². The molecule has 3 heterocycles. The predicted octanol–water partition coefficient (Wildman–Crippen LogP) is 3.47. The van der Waals surface area contributed by atoms with E-state index in [0.717, 1.165) is 36.6 Å². The number of nitrogens with zero attached hydrogens (tertiary/aromatic N) is 4. The van der Waals surface area contributed by atoms with E-state index in [1.807, 2.05) is 24.3 Å². The van der Waals surface area contributed by atoms with Crippen molar-refractivity contribution in [3.63, 3.8) is 0 Å². The summed E-state index contributed by atoms with van der Waals surface area (Å²) < 4.78 is 25.8. The van der Waals surface area contributed by atoms with Gasteiger partial charge in [0.2, 0.25) is 11.8 Å². The number of piperidine rings is 1. The topological polar surface area (TPSA) is 141 Å². The van der Waals surface area contributed by atoms with Crippen LogP contribution in [0.2, 0.25) is 0 Å². The molecule has 0 atom stereocenters. The number of carbonyl (C=O) groups excluding carboxylic acids is 1. The van der Waals surface area contributed by atoms with Gasteiger partial charge in [-0.3, -0.25) is 4.79 Å². The van der Waals surface area contributed by atoms with Gasteiger partial charge in [-0.05, 0) is 69.7 Å². The summed E-state index contributed by atoms with van der Waals surface area (Å²) in [7, 11) is -3.44. The molecule has 1 fully saturated rings. The van der Waals surface area contributed by atoms with Crippen LogP contribution in [-0.4, -0.2) is 74.1 Å². The number of imidazole rings is 1. The number of aromatic hydroxyl groups is 1. The van der Waals surface area contributed by atoms with Crippen LogP contribution in [0.3, 0.4) is 0 Å². The molecule has 0 radical (unpaired) electrons. The molecule has 1 aliphatic heterocycles. The minimum atomic E-state index is -3.44. The number of likely N-dealkylation sites (tertiary alicyclic amines) is 1. The molecule has 0 unspecified atom stereocenters. The van der Waals surface area contributed by atoms with Gasteiger partial charge in [0.25, 0.3) is 5.91 Å². The number of hydrogen-bond acceptors (Lipinski definition) is 7. The Morgan fingerprint density at radius 1 is 1.13 bits per heavy atom. The van der Waals surface area contributed by atoms with Gasteiger partial charge in [0.15, 0.2) is 9.84 Å². The zero-order valence-electron chi connectivity index (χ0n) is 22.3. The summed E-state index contributed by atoms with van der Waals surface area (Å²) in [4.78, 5) is 22.1. The Hall–Kier alpha value is -3.70. The van der Waals surface area contributed by atoms with Gasteiger partial charge < -0.3 is 20.1 Å². The van der Waals surface area contributed by atoms with Crippen molar-refractivity contribution in [1.82, 2.24) is 24.6 Å². The van der Waals surface area contributed by atoms with E-state index in [4.69, 9.17) is 5.10 Å². The van der Waals surface area contributed by atoms with Crippen LogP contribution in [0.4, 0.5) is 0 Å². The van der Waals surface area contributed by atoms with Crippen LogP contribution in [0.1, 0.15) is 38.7 Å². The molecule has 5 rings (SSSR count). The Morgan fingerprint density at radius 2 is 1.85 bits per heavy atom. The van der Waals surface area contributed by atoms with Crippen LogP contribution in [0, 0.1) is 5.92 Å². The van der Waals surface area contributed by atoms with Crippen LogP contribution in [0.15, 0.2) is 53.4 Å². The molecule has 0 spiro atoms. The number of fused-ring (bicyclic) bond motifs is 1. The van der Waals surface area contributed by atoms with Crippen molar-refractivity contribution >= 4 is 26.8 Å². The van der Waals surface area contributed by atoms with Crippen LogP contribution in [-0.2, 0) is 21.1 Å². The first-order valence-electron chi connectivity index (χ1n) is 13.0. The fourth-order valence-electron chi connectivity index (χ4n) is 5.13. The average Bonchev–Trinajstić information content (AvgIpc) is 3.47. The highest BCUT2D eigenvalue weighted by molar-refractivity contribution is 7.90. The number of benzene rings is 2. The number of amides is 1. The highest BCUT2D eigenvalue weighted by atomic mass is 32.2. The number of nitrogens with one attached hydrogen (secondary N) is 1. The van der Waals surface area contributed by atoms with Gasteiger partial charge in [-0.15, -0.1) is 0 Å². The quantitative estimate of drug-likeness (QED) is 0.319. The normalized spacial score (nSPS) is 15.2. The second kappa shape index (κ2) is 10.1. The lowest BCUT2D eigenvalue weighted by Crippen LogP contribution is -2.48. The molecule has 11 heteroatoms. The minimum absolute atomic E-state index is 0.0524. The number of aromatic nitrogens is 4. The summed E-state index contributed by atoms with van der Waals surface area (Å²) in [6, 6.07) is 14.1. The molecule has 0 bridgehead atoms. The van der Waals surface area contributed by atoms with Gasteiger partial charge in [-0.25, -0.2) is 13.4 Å². The van der Waals surface area contributed by atoms with Crippen molar-refractivity contribution in [1.29, 1.82) is 0 Å². The number of rotatable bonds is 7. The third kappa shape index (κ3) is 5.55. The van der Waals surface area contributed by atoms with Crippen LogP contribution >= 0.6 is 0 Å². The molecule has 2 aromatic carbocycles. The summed E-state index contributed by atoms with van der Waals surface area (Å²) in [6.07, 6.45) is 4.00. The fourth-order valence-corrected chi connectivity index (χ4v) is 5.79. The van der Waals surface area contributed by atoms with Crippen LogP contribution < -0.4 is 0 Å². The Morgan fingerprint density at radius 3 is 2.51 bits per heavy atom. The molecule has 0 saturated carbocycles. The molecule has 1 aliphatic rings. The van der Waals surface area contributed by atoms with Gasteiger partial charge in [0.05, 0.1) is 15.9 Å². The van der Waals surface area contributed by atoms with E-state index in [2.05, 4.69) is 9.97 Å². The molecule has 1 amide bonds. The van der Waals surface area contributed by atoms with Crippen LogP contribution in [0.5, 0.6) is 5.88 Å². The highest BCUT2D eigenvalue weighted by Crippen LogP contribution is 2.35. The summed E-state index contributed by atoms with van der Waals surface area (Å²) in [5.74, 6) is 0.362. The minimum Gasteiger partial charge on any atom is -0.493 e. The van der Waals surface area contributed by atoms with Crippen molar-refractivity contribution in [2.45, 2.75) is 50.0 Å². The lowest BCUT2D eigenvalue weighted by atomic mass is 9.89. The third-order valence-electron chi connectivity index (χ3n) is 7.30. The molecular weight excluding hydrogens is 518 g/mol. The van der Waals surface area contributed by atoms with Crippen molar-refractivity contribution < 1.29 is 23.4 Å². The molecule has 3 N–H and O–H groups in total. The Bertz CT molecular complexity index is 1590. The molecule has 2 aromatic heterocycles. The smallest absolute Gasteiger partial charge is 0.253 e. The van der Waals surface area contributed by atoms with E-state index in [-0.39, 0.29) is 16.7 Å². The average molecular weight is 552 g/mol. The first-order valence-corrected chi connectivity index (χ1v) is 14.9. The Labute approximate surface area is 227 Å². The lowest BCUT2D eigenvalue weighted by Gasteiger charge is -2.35. The summed E-state index contributed by atoms with van der Waals surface area (Å²) in [5, 5.41) is 26.1. The maximum atomic E-state index is 12.4. The van der Waals surface area contributed by atoms with Gasteiger partial charge in [-0.1, -0.05) is 24.3 Å². The number of H-pyrrole nitrogens is 1. The van der Waals surface area contributed by atoms with E-state index in [1.54, 1.807) is 23.1 Å². The fraction of sp³-hybridized carbons (Fsp3) is 0.393. The summed E-state index contributed by atoms with van der Waals surface area (Å²) in [5.41, 5.74) is 1.83. The second-order valence-corrected chi connectivity index (χ2v) is 12.8. The summed E-state index contributed by atoms with van der Waals surface area (Å²) in [6.45, 7) is 4.15. The van der Waals surface area contributed by atoms with E-state index in [0.29, 0.717) is 48.2 Å². The van der Waals surface area contributed by atoms with E-state index >= 15 is 0 Å². The molecule has 1 saturated heterocycles. The molecule has 0 aliphatic carbocycles. The first-order chi connectivity index (χ1) is 18.4. The number of para-hydroxylation sites is 2. The second-order valence-electron chi connectivity index (χ2n) is 10.8. The maximum absolute atomic E-state index is 12.4. The third-order valence-corrected chi connectivity index (χ3v) is 8.41. The van der Waals surface area contributed by atoms with Gasteiger partial charge >= 0.3 is 0 Å². The predicted molar refractivity (Wildman–Crippen MR) is 147 cm³/mol. The number of carbonyl (C=O) groups is 1. The van der Waals surface area contributed by atoms with Crippen molar-refractivity contribution in [3.05, 3.63) is 54.1 Å². The molecule has 39 heavy (non-hydrogen) atoms. The zero-order chi connectivity index (χ0) is 27.9. The Balaban J connectivity index is 1.45. The summed E-state index contributed by atoms with van der Waals surface area (Å²) >= 11 is 0.